The van der Waals surface area contributed by atoms with Crippen LogP contribution in [0.1, 0.15) is 40.5 Å². The van der Waals surface area contributed by atoms with E-state index < -0.39 is 29.1 Å². The standard InChI is InChI=1S/C25H22N2O6/c1-2-7-17(27-23(29)19-13-16-9-4-6-11-21(16)33-25(19)31)14-26-22(28)18-12-15-8-3-5-10-20(15)32-24(18)30/h3-6,8-13,17H,2,7,14H2,1H3,(H,26,28)(H,27,29). The number of nitrogens with one attached hydrogen (secondary N) is 2. The molecule has 0 saturated heterocycles. The lowest BCUT2D eigenvalue weighted by Crippen LogP contribution is -2.45. The second kappa shape index (κ2) is 9.52. The van der Waals surface area contributed by atoms with Crippen molar-refractivity contribution in [2.45, 2.75) is 25.8 Å². The van der Waals surface area contributed by atoms with Gasteiger partial charge in [0.25, 0.3) is 11.8 Å². The SMILES string of the molecule is CCCC(CNC(=O)c1cc2ccccc2oc1=O)NC(=O)c1cc2ccccc2oc1=O. The molecule has 4 aromatic rings. The molecule has 1 atom stereocenters. The number of benzene rings is 2. The first-order valence-corrected chi connectivity index (χ1v) is 10.6. The first-order valence-electron chi connectivity index (χ1n) is 10.6. The number of para-hydroxylation sites is 2. The van der Waals surface area contributed by atoms with Gasteiger partial charge < -0.3 is 19.5 Å². The summed E-state index contributed by atoms with van der Waals surface area (Å²) in [5.74, 6) is -1.19. The highest BCUT2D eigenvalue weighted by Crippen LogP contribution is 2.14. The molecule has 0 spiro atoms. The van der Waals surface area contributed by atoms with Gasteiger partial charge >= 0.3 is 11.3 Å². The number of hydrogen-bond acceptors (Lipinski definition) is 6. The van der Waals surface area contributed by atoms with Crippen LogP contribution < -0.4 is 21.9 Å². The van der Waals surface area contributed by atoms with Gasteiger partial charge in [-0.15, -0.1) is 0 Å². The molecule has 1 unspecified atom stereocenters. The van der Waals surface area contributed by atoms with Crippen LogP contribution in [0.3, 0.4) is 0 Å². The monoisotopic (exact) mass is 446 g/mol. The Kier molecular flexibility index (Phi) is 6.35. The predicted octanol–water partition coefficient (Wildman–Crippen LogP) is 3.23. The van der Waals surface area contributed by atoms with E-state index >= 15 is 0 Å². The highest BCUT2D eigenvalue weighted by atomic mass is 16.4. The van der Waals surface area contributed by atoms with Crippen LogP contribution >= 0.6 is 0 Å². The van der Waals surface area contributed by atoms with E-state index in [9.17, 15) is 19.2 Å². The first-order chi connectivity index (χ1) is 16.0. The van der Waals surface area contributed by atoms with Crippen molar-refractivity contribution in [1.82, 2.24) is 10.6 Å². The number of fused-ring (bicyclic) bond motifs is 2. The minimum atomic E-state index is -0.740. The highest BCUT2D eigenvalue weighted by Gasteiger charge is 2.20. The topological polar surface area (TPSA) is 119 Å². The molecule has 0 saturated carbocycles. The molecule has 4 rings (SSSR count). The second-order valence-corrected chi connectivity index (χ2v) is 7.64. The molecule has 2 amide bonds. The maximum absolute atomic E-state index is 12.8. The summed E-state index contributed by atoms with van der Waals surface area (Å²) < 4.78 is 10.4. The van der Waals surface area contributed by atoms with Gasteiger partial charge in [0.1, 0.15) is 22.3 Å². The third kappa shape index (κ3) is 4.85. The van der Waals surface area contributed by atoms with Crippen molar-refractivity contribution >= 4 is 33.8 Å². The molecule has 168 valence electrons. The lowest BCUT2D eigenvalue weighted by atomic mass is 10.1. The zero-order chi connectivity index (χ0) is 23.4. The van der Waals surface area contributed by atoms with Gasteiger partial charge in [0.15, 0.2) is 0 Å². The molecule has 0 aliphatic carbocycles. The van der Waals surface area contributed by atoms with Crippen LogP contribution in [0.2, 0.25) is 0 Å². The molecule has 2 aromatic heterocycles. The fourth-order valence-electron chi connectivity index (χ4n) is 3.59. The molecule has 8 nitrogen and oxygen atoms in total. The predicted molar refractivity (Wildman–Crippen MR) is 123 cm³/mol. The fourth-order valence-corrected chi connectivity index (χ4v) is 3.59. The summed E-state index contributed by atoms with van der Waals surface area (Å²) >= 11 is 0. The lowest BCUT2D eigenvalue weighted by Gasteiger charge is -2.18. The summed E-state index contributed by atoms with van der Waals surface area (Å²) in [5, 5.41) is 6.71. The van der Waals surface area contributed by atoms with E-state index in [1.165, 1.54) is 12.1 Å². The molecular formula is C25H22N2O6. The van der Waals surface area contributed by atoms with E-state index in [-0.39, 0.29) is 17.7 Å². The average Bonchev–Trinajstić information content (AvgIpc) is 2.81. The molecule has 2 heterocycles. The molecule has 0 bridgehead atoms. The van der Waals surface area contributed by atoms with Gasteiger partial charge in [0.05, 0.1) is 0 Å². The summed E-state index contributed by atoms with van der Waals surface area (Å²) in [6, 6.07) is 16.3. The molecule has 2 aromatic carbocycles. The normalized spacial score (nSPS) is 11.9. The second-order valence-electron chi connectivity index (χ2n) is 7.64. The molecular weight excluding hydrogens is 424 g/mol. The molecule has 0 radical (unpaired) electrons. The lowest BCUT2D eigenvalue weighted by molar-refractivity contribution is 0.0902. The Balaban J connectivity index is 1.48. The van der Waals surface area contributed by atoms with Gasteiger partial charge in [-0.3, -0.25) is 9.59 Å². The van der Waals surface area contributed by atoms with Crippen LogP contribution in [0.15, 0.2) is 79.1 Å². The third-order valence-electron chi connectivity index (χ3n) is 5.25. The van der Waals surface area contributed by atoms with Crippen molar-refractivity contribution in [3.05, 3.63) is 92.6 Å². The van der Waals surface area contributed by atoms with Crippen LogP contribution in [-0.2, 0) is 0 Å². The summed E-state index contributed by atoms with van der Waals surface area (Å²) in [5.41, 5.74) is -0.924. The molecule has 0 aliphatic heterocycles. The molecule has 0 aliphatic rings. The minimum absolute atomic E-state index is 0.0730. The maximum Gasteiger partial charge on any atom is 0.349 e. The van der Waals surface area contributed by atoms with Gasteiger partial charge in [-0.2, -0.15) is 0 Å². The van der Waals surface area contributed by atoms with Crippen molar-refractivity contribution < 1.29 is 18.4 Å². The van der Waals surface area contributed by atoms with Crippen molar-refractivity contribution in [3.8, 4) is 0 Å². The number of carbonyl (C=O) groups is 2. The van der Waals surface area contributed by atoms with Crippen molar-refractivity contribution in [2.75, 3.05) is 6.54 Å². The molecule has 8 heteroatoms. The third-order valence-corrected chi connectivity index (χ3v) is 5.25. The fraction of sp³-hybridized carbons (Fsp3) is 0.200. The van der Waals surface area contributed by atoms with Crippen molar-refractivity contribution in [3.63, 3.8) is 0 Å². The number of amides is 2. The van der Waals surface area contributed by atoms with E-state index in [0.29, 0.717) is 28.4 Å². The number of rotatable bonds is 7. The van der Waals surface area contributed by atoms with E-state index in [0.717, 1.165) is 6.42 Å². The van der Waals surface area contributed by atoms with E-state index in [4.69, 9.17) is 8.83 Å². The summed E-state index contributed by atoms with van der Waals surface area (Å²) in [6.45, 7) is 2.01. The Morgan fingerprint density at radius 1 is 0.818 bits per heavy atom. The van der Waals surface area contributed by atoms with Crippen LogP contribution in [0.5, 0.6) is 0 Å². The Morgan fingerprint density at radius 3 is 1.88 bits per heavy atom. The smallest absolute Gasteiger partial charge is 0.349 e. The van der Waals surface area contributed by atoms with Crippen molar-refractivity contribution in [2.24, 2.45) is 0 Å². The van der Waals surface area contributed by atoms with Gasteiger partial charge in [-0.25, -0.2) is 9.59 Å². The van der Waals surface area contributed by atoms with Gasteiger partial charge in [-0.05, 0) is 30.7 Å². The highest BCUT2D eigenvalue weighted by molar-refractivity contribution is 5.98. The van der Waals surface area contributed by atoms with Crippen LogP contribution in [0.4, 0.5) is 0 Å². The largest absolute Gasteiger partial charge is 0.422 e. The van der Waals surface area contributed by atoms with Gasteiger partial charge in [0.2, 0.25) is 0 Å². The number of carbonyl (C=O) groups excluding carboxylic acids is 2. The van der Waals surface area contributed by atoms with E-state index in [1.54, 1.807) is 48.5 Å². The zero-order valence-electron chi connectivity index (χ0n) is 17.9. The quantitative estimate of drug-likeness (QED) is 0.421. The van der Waals surface area contributed by atoms with Crippen LogP contribution in [0, 0.1) is 0 Å². The Hall–Kier alpha value is -4.20. The van der Waals surface area contributed by atoms with E-state index in [1.807, 2.05) is 6.92 Å². The molecule has 2 N–H and O–H groups in total. The summed E-state index contributed by atoms with van der Waals surface area (Å²) in [7, 11) is 0. The summed E-state index contributed by atoms with van der Waals surface area (Å²) in [6.07, 6.45) is 1.28. The number of hydrogen-bond donors (Lipinski definition) is 2. The van der Waals surface area contributed by atoms with Crippen molar-refractivity contribution in [1.29, 1.82) is 0 Å². The Labute approximate surface area is 188 Å². The molecule has 33 heavy (non-hydrogen) atoms. The van der Waals surface area contributed by atoms with Crippen LogP contribution in [0.25, 0.3) is 21.9 Å². The first kappa shape index (κ1) is 22.0. The Bertz CT molecular complexity index is 1450. The Morgan fingerprint density at radius 2 is 1.33 bits per heavy atom. The van der Waals surface area contributed by atoms with Crippen LogP contribution in [-0.4, -0.2) is 24.4 Å². The van der Waals surface area contributed by atoms with Gasteiger partial charge in [0, 0.05) is 23.4 Å². The average molecular weight is 446 g/mol. The van der Waals surface area contributed by atoms with Gasteiger partial charge in [-0.1, -0.05) is 49.7 Å². The molecule has 0 fully saturated rings. The zero-order valence-corrected chi connectivity index (χ0v) is 17.9. The summed E-state index contributed by atoms with van der Waals surface area (Å²) in [4.78, 5) is 49.9. The maximum atomic E-state index is 12.8. The van der Waals surface area contributed by atoms with E-state index in [2.05, 4.69) is 10.6 Å². The minimum Gasteiger partial charge on any atom is -0.422 e.